The predicted molar refractivity (Wildman–Crippen MR) is 85.4 cm³/mol. The molecule has 1 aromatic carbocycles. The summed E-state index contributed by atoms with van der Waals surface area (Å²) < 4.78 is 0. The van der Waals surface area contributed by atoms with Gasteiger partial charge in [-0.2, -0.15) is 0 Å². The van der Waals surface area contributed by atoms with E-state index in [0.717, 1.165) is 6.42 Å². The van der Waals surface area contributed by atoms with Crippen molar-refractivity contribution in [3.63, 3.8) is 0 Å². The zero-order chi connectivity index (χ0) is 13.9. The average molecular weight is 286 g/mol. The number of nitrogens with zero attached hydrogens (tertiary/aromatic N) is 1. The van der Waals surface area contributed by atoms with Gasteiger partial charge in [-0.1, -0.05) is 37.3 Å². The molecule has 1 N–H and O–H groups in total. The number of rotatable bonds is 5. The first-order valence-corrected chi connectivity index (χ1v) is 8.30. The van der Waals surface area contributed by atoms with Crippen LogP contribution in [-0.4, -0.2) is 12.0 Å². The third-order valence-electron chi connectivity index (χ3n) is 4.22. The highest BCUT2D eigenvalue weighted by atomic mass is 32.1. The molecule has 2 atom stereocenters. The van der Waals surface area contributed by atoms with Gasteiger partial charge < -0.3 is 5.32 Å². The van der Waals surface area contributed by atoms with Crippen molar-refractivity contribution in [1.29, 1.82) is 0 Å². The molecule has 0 saturated carbocycles. The smallest absolute Gasteiger partial charge is 0.110 e. The van der Waals surface area contributed by atoms with Gasteiger partial charge >= 0.3 is 0 Å². The Bertz CT molecular complexity index is 540. The standard InChI is InChI=1S/C17H22N2S/c1-12(13-7-4-3-5-8-13)11-15(18-2)17-19-14-9-6-10-16(14)20-17/h3-5,7-8,12,15,18H,6,9-11H2,1-2H3. The minimum atomic E-state index is 0.376. The molecular weight excluding hydrogens is 264 g/mol. The summed E-state index contributed by atoms with van der Waals surface area (Å²) in [5.41, 5.74) is 2.77. The first-order chi connectivity index (χ1) is 9.78. The van der Waals surface area contributed by atoms with Crippen LogP contribution in [0.1, 0.15) is 52.9 Å². The first kappa shape index (κ1) is 13.8. The third-order valence-corrected chi connectivity index (χ3v) is 5.49. The number of thiazole rings is 1. The van der Waals surface area contributed by atoms with E-state index in [1.807, 2.05) is 11.3 Å². The molecule has 0 radical (unpaired) electrons. The van der Waals surface area contributed by atoms with Crippen molar-refractivity contribution in [2.75, 3.05) is 7.05 Å². The van der Waals surface area contributed by atoms with Crippen molar-refractivity contribution in [3.05, 3.63) is 51.5 Å². The molecule has 0 bridgehead atoms. The fraction of sp³-hybridized carbons (Fsp3) is 0.471. The maximum absolute atomic E-state index is 4.86. The molecule has 0 saturated heterocycles. The quantitative estimate of drug-likeness (QED) is 0.895. The lowest BCUT2D eigenvalue weighted by Gasteiger charge is -2.19. The van der Waals surface area contributed by atoms with Gasteiger partial charge in [0, 0.05) is 4.88 Å². The van der Waals surface area contributed by atoms with E-state index in [9.17, 15) is 0 Å². The molecule has 20 heavy (non-hydrogen) atoms. The first-order valence-electron chi connectivity index (χ1n) is 7.48. The molecule has 0 fully saturated rings. The summed E-state index contributed by atoms with van der Waals surface area (Å²) in [4.78, 5) is 6.39. The summed E-state index contributed by atoms with van der Waals surface area (Å²) in [5, 5.41) is 4.73. The van der Waals surface area contributed by atoms with Crippen molar-refractivity contribution < 1.29 is 0 Å². The normalized spacial score (nSPS) is 16.9. The highest BCUT2D eigenvalue weighted by Gasteiger charge is 2.22. The highest BCUT2D eigenvalue weighted by molar-refractivity contribution is 7.11. The Labute approximate surface area is 125 Å². The summed E-state index contributed by atoms with van der Waals surface area (Å²) in [6, 6.07) is 11.1. The van der Waals surface area contributed by atoms with E-state index in [4.69, 9.17) is 4.98 Å². The van der Waals surface area contributed by atoms with E-state index >= 15 is 0 Å². The van der Waals surface area contributed by atoms with Gasteiger partial charge in [0.25, 0.3) is 0 Å². The van der Waals surface area contributed by atoms with E-state index < -0.39 is 0 Å². The third kappa shape index (κ3) is 2.79. The molecule has 2 aromatic rings. The van der Waals surface area contributed by atoms with Crippen molar-refractivity contribution in [1.82, 2.24) is 10.3 Å². The number of fused-ring (bicyclic) bond motifs is 1. The van der Waals surface area contributed by atoms with E-state index in [1.165, 1.54) is 40.4 Å². The lowest BCUT2D eigenvalue weighted by atomic mass is 9.94. The van der Waals surface area contributed by atoms with Crippen LogP contribution in [0, 0.1) is 0 Å². The number of nitrogens with one attached hydrogen (secondary N) is 1. The van der Waals surface area contributed by atoms with Gasteiger partial charge in [-0.3, -0.25) is 0 Å². The molecule has 1 heterocycles. The van der Waals surface area contributed by atoms with Crippen molar-refractivity contribution in [2.45, 2.75) is 44.6 Å². The van der Waals surface area contributed by atoms with Crippen LogP contribution in [0.25, 0.3) is 0 Å². The number of hydrogen-bond acceptors (Lipinski definition) is 3. The zero-order valence-corrected chi connectivity index (χ0v) is 13.0. The second-order valence-electron chi connectivity index (χ2n) is 5.66. The Morgan fingerprint density at radius 2 is 2.05 bits per heavy atom. The molecule has 0 spiro atoms. The number of aryl methyl sites for hydroxylation is 2. The van der Waals surface area contributed by atoms with Gasteiger partial charge in [0.1, 0.15) is 5.01 Å². The Hall–Kier alpha value is -1.19. The lowest BCUT2D eigenvalue weighted by molar-refractivity contribution is 0.499. The van der Waals surface area contributed by atoms with Gasteiger partial charge in [-0.15, -0.1) is 11.3 Å². The molecule has 106 valence electrons. The van der Waals surface area contributed by atoms with Gasteiger partial charge in [-0.05, 0) is 44.2 Å². The summed E-state index contributed by atoms with van der Waals surface area (Å²) in [6.07, 6.45) is 4.81. The zero-order valence-electron chi connectivity index (χ0n) is 12.2. The Morgan fingerprint density at radius 1 is 1.25 bits per heavy atom. The Kier molecular flexibility index (Phi) is 4.18. The summed E-state index contributed by atoms with van der Waals surface area (Å²) in [5.74, 6) is 0.549. The number of aromatic nitrogens is 1. The second kappa shape index (κ2) is 6.06. The Morgan fingerprint density at radius 3 is 2.75 bits per heavy atom. The molecule has 2 nitrogen and oxygen atoms in total. The lowest BCUT2D eigenvalue weighted by Crippen LogP contribution is -2.18. The van der Waals surface area contributed by atoms with E-state index in [1.54, 1.807) is 0 Å². The summed E-state index contributed by atoms with van der Waals surface area (Å²) in [6.45, 7) is 2.31. The molecule has 1 aliphatic rings. The van der Waals surface area contributed by atoms with Crippen molar-refractivity contribution in [3.8, 4) is 0 Å². The van der Waals surface area contributed by atoms with Gasteiger partial charge in [0.05, 0.1) is 11.7 Å². The van der Waals surface area contributed by atoms with Crippen LogP contribution < -0.4 is 5.32 Å². The Balaban J connectivity index is 1.73. The summed E-state index contributed by atoms with van der Waals surface area (Å²) in [7, 11) is 2.05. The average Bonchev–Trinajstić information content (AvgIpc) is 3.06. The fourth-order valence-electron chi connectivity index (χ4n) is 2.97. The van der Waals surface area contributed by atoms with E-state index in [0.29, 0.717) is 12.0 Å². The maximum Gasteiger partial charge on any atom is 0.110 e. The molecule has 0 aliphatic heterocycles. The molecule has 2 unspecified atom stereocenters. The van der Waals surface area contributed by atoms with Gasteiger partial charge in [0.2, 0.25) is 0 Å². The van der Waals surface area contributed by atoms with Crippen LogP contribution in [-0.2, 0) is 12.8 Å². The van der Waals surface area contributed by atoms with Gasteiger partial charge in [0.15, 0.2) is 0 Å². The molecular formula is C17H22N2S. The molecule has 3 rings (SSSR count). The molecule has 1 aliphatic carbocycles. The molecule has 3 heteroatoms. The van der Waals surface area contributed by atoms with Crippen molar-refractivity contribution in [2.24, 2.45) is 0 Å². The topological polar surface area (TPSA) is 24.9 Å². The van der Waals surface area contributed by atoms with Gasteiger partial charge in [-0.25, -0.2) is 4.98 Å². The maximum atomic E-state index is 4.86. The van der Waals surface area contributed by atoms with Crippen LogP contribution in [0.5, 0.6) is 0 Å². The SMILES string of the molecule is CNC(CC(C)c1ccccc1)c1nc2c(s1)CCC2. The van der Waals surface area contributed by atoms with E-state index in [2.05, 4.69) is 49.6 Å². The summed E-state index contributed by atoms with van der Waals surface area (Å²) >= 11 is 1.92. The van der Waals surface area contributed by atoms with Crippen LogP contribution in [0.2, 0.25) is 0 Å². The van der Waals surface area contributed by atoms with E-state index in [-0.39, 0.29) is 0 Å². The minimum absolute atomic E-state index is 0.376. The monoisotopic (exact) mass is 286 g/mol. The highest BCUT2D eigenvalue weighted by Crippen LogP contribution is 2.34. The molecule has 0 amide bonds. The second-order valence-corrected chi connectivity index (χ2v) is 6.78. The number of hydrogen-bond donors (Lipinski definition) is 1. The fourth-order valence-corrected chi connectivity index (χ4v) is 4.25. The molecule has 1 aromatic heterocycles. The van der Waals surface area contributed by atoms with Crippen LogP contribution in [0.3, 0.4) is 0 Å². The van der Waals surface area contributed by atoms with Crippen LogP contribution in [0.4, 0.5) is 0 Å². The number of benzene rings is 1. The minimum Gasteiger partial charge on any atom is -0.311 e. The largest absolute Gasteiger partial charge is 0.311 e. The van der Waals surface area contributed by atoms with Crippen LogP contribution >= 0.6 is 11.3 Å². The predicted octanol–water partition coefficient (Wildman–Crippen LogP) is 4.09. The van der Waals surface area contributed by atoms with Crippen LogP contribution in [0.15, 0.2) is 30.3 Å². The van der Waals surface area contributed by atoms with Crippen molar-refractivity contribution >= 4 is 11.3 Å².